The smallest absolute Gasteiger partial charge is 0.000725 e. The number of nitrogens with zero attached hydrogens (tertiary/aromatic N) is 1. The lowest BCUT2D eigenvalue weighted by molar-refractivity contribution is 0.140. The number of piperidine rings is 1. The van der Waals surface area contributed by atoms with Gasteiger partial charge in [0.15, 0.2) is 0 Å². The fourth-order valence-electron chi connectivity index (χ4n) is 2.29. The van der Waals surface area contributed by atoms with Crippen LogP contribution in [0, 0.1) is 11.8 Å². The number of hydrogen-bond acceptors (Lipinski definition) is 2. The zero-order valence-corrected chi connectivity index (χ0v) is 8.42. The predicted molar refractivity (Wildman–Crippen MR) is 53.1 cm³/mol. The van der Waals surface area contributed by atoms with Crippen molar-refractivity contribution in [2.75, 3.05) is 26.2 Å². The van der Waals surface area contributed by atoms with Gasteiger partial charge in [-0.2, -0.15) is 0 Å². The lowest BCUT2D eigenvalue weighted by atomic mass is 9.92. The fraction of sp³-hybridized carbons (Fsp3) is 1.00. The molecule has 1 aliphatic rings. The average Bonchev–Trinajstić information content (AvgIpc) is 1.99. The van der Waals surface area contributed by atoms with Crippen LogP contribution in [0.25, 0.3) is 0 Å². The molecule has 0 unspecified atom stereocenters. The molecule has 1 heterocycles. The molecule has 2 nitrogen and oxygen atoms in total. The highest BCUT2D eigenvalue weighted by Gasteiger charge is 2.20. The van der Waals surface area contributed by atoms with Gasteiger partial charge in [0.05, 0.1) is 0 Å². The van der Waals surface area contributed by atoms with Crippen molar-refractivity contribution in [1.82, 2.24) is 4.90 Å². The Morgan fingerprint density at radius 3 is 2.33 bits per heavy atom. The van der Waals surface area contributed by atoms with Gasteiger partial charge in [-0.15, -0.1) is 0 Å². The number of likely N-dealkylation sites (tertiary alicyclic amines) is 1. The van der Waals surface area contributed by atoms with E-state index in [0.29, 0.717) is 0 Å². The summed E-state index contributed by atoms with van der Waals surface area (Å²) in [5, 5.41) is 0. The average molecular weight is 170 g/mol. The minimum Gasteiger partial charge on any atom is -0.330 e. The van der Waals surface area contributed by atoms with E-state index in [2.05, 4.69) is 18.7 Å². The first kappa shape index (κ1) is 10.0. The van der Waals surface area contributed by atoms with Crippen LogP contribution in [0.1, 0.15) is 26.7 Å². The highest BCUT2D eigenvalue weighted by Crippen LogP contribution is 2.20. The minimum atomic E-state index is 0.833. The van der Waals surface area contributed by atoms with Gasteiger partial charge in [-0.25, -0.2) is 0 Å². The van der Waals surface area contributed by atoms with E-state index in [1.54, 1.807) is 0 Å². The predicted octanol–water partition coefficient (Wildman–Crippen LogP) is 1.31. The lowest BCUT2D eigenvalue weighted by Gasteiger charge is -2.34. The highest BCUT2D eigenvalue weighted by atomic mass is 15.1. The maximum atomic E-state index is 5.49. The van der Waals surface area contributed by atoms with Gasteiger partial charge < -0.3 is 10.6 Å². The van der Waals surface area contributed by atoms with E-state index in [-0.39, 0.29) is 0 Å². The van der Waals surface area contributed by atoms with Crippen LogP contribution < -0.4 is 5.73 Å². The molecular formula is C10H22N2. The first-order valence-corrected chi connectivity index (χ1v) is 5.14. The third-order valence-electron chi connectivity index (χ3n) is 2.62. The zero-order chi connectivity index (χ0) is 8.97. The molecule has 1 aliphatic heterocycles. The molecule has 1 rings (SSSR count). The summed E-state index contributed by atoms with van der Waals surface area (Å²) >= 11 is 0. The third-order valence-corrected chi connectivity index (χ3v) is 2.62. The molecule has 0 aliphatic carbocycles. The second-order valence-electron chi connectivity index (χ2n) is 4.35. The molecule has 0 aromatic carbocycles. The Morgan fingerprint density at radius 1 is 1.25 bits per heavy atom. The van der Waals surface area contributed by atoms with Crippen molar-refractivity contribution in [2.24, 2.45) is 17.6 Å². The Hall–Kier alpha value is -0.0800. The summed E-state index contributed by atoms with van der Waals surface area (Å²) in [4.78, 5) is 2.56. The molecule has 0 radical (unpaired) electrons. The largest absolute Gasteiger partial charge is 0.330 e. The number of rotatable bonds is 3. The minimum absolute atomic E-state index is 0.833. The van der Waals surface area contributed by atoms with Crippen LogP contribution in [-0.2, 0) is 0 Å². The first-order chi connectivity index (χ1) is 5.72. The monoisotopic (exact) mass is 170 g/mol. The summed E-state index contributed by atoms with van der Waals surface area (Å²) in [5.74, 6) is 1.76. The molecule has 12 heavy (non-hydrogen) atoms. The van der Waals surface area contributed by atoms with Crippen LogP contribution in [-0.4, -0.2) is 31.1 Å². The summed E-state index contributed by atoms with van der Waals surface area (Å²) in [6.45, 7) is 9.30. The van der Waals surface area contributed by atoms with E-state index in [4.69, 9.17) is 5.73 Å². The molecule has 0 amide bonds. The maximum Gasteiger partial charge on any atom is 0.000725 e. The second kappa shape index (κ2) is 4.83. The SMILES string of the molecule is C[C@@H]1C[C@H](C)CN(CCCN)C1. The number of hydrogen-bond donors (Lipinski definition) is 1. The Morgan fingerprint density at radius 2 is 1.83 bits per heavy atom. The van der Waals surface area contributed by atoms with Crippen molar-refractivity contribution in [3.05, 3.63) is 0 Å². The van der Waals surface area contributed by atoms with Crippen molar-refractivity contribution in [1.29, 1.82) is 0 Å². The molecular weight excluding hydrogens is 148 g/mol. The van der Waals surface area contributed by atoms with E-state index >= 15 is 0 Å². The number of nitrogens with two attached hydrogens (primary N) is 1. The summed E-state index contributed by atoms with van der Waals surface area (Å²) in [6, 6.07) is 0. The van der Waals surface area contributed by atoms with Crippen molar-refractivity contribution in [3.8, 4) is 0 Å². The van der Waals surface area contributed by atoms with Crippen molar-refractivity contribution in [3.63, 3.8) is 0 Å². The Bertz CT molecular complexity index is 115. The molecule has 2 atom stereocenters. The fourth-order valence-corrected chi connectivity index (χ4v) is 2.29. The molecule has 0 spiro atoms. The zero-order valence-electron chi connectivity index (χ0n) is 8.42. The van der Waals surface area contributed by atoms with E-state index in [1.165, 1.54) is 26.1 Å². The van der Waals surface area contributed by atoms with Gasteiger partial charge in [-0.05, 0) is 37.8 Å². The summed E-state index contributed by atoms with van der Waals surface area (Å²) in [7, 11) is 0. The topological polar surface area (TPSA) is 29.3 Å². The molecule has 0 aromatic heterocycles. The second-order valence-corrected chi connectivity index (χ2v) is 4.35. The van der Waals surface area contributed by atoms with Crippen LogP contribution >= 0.6 is 0 Å². The Kier molecular flexibility index (Phi) is 4.02. The molecule has 0 bridgehead atoms. The first-order valence-electron chi connectivity index (χ1n) is 5.14. The van der Waals surface area contributed by atoms with Gasteiger partial charge in [-0.3, -0.25) is 0 Å². The van der Waals surface area contributed by atoms with Crippen molar-refractivity contribution in [2.45, 2.75) is 26.7 Å². The Balaban J connectivity index is 2.24. The molecule has 0 aromatic rings. The summed E-state index contributed by atoms with van der Waals surface area (Å²) in [5.41, 5.74) is 5.49. The van der Waals surface area contributed by atoms with Gasteiger partial charge >= 0.3 is 0 Å². The normalized spacial score (nSPS) is 32.2. The van der Waals surface area contributed by atoms with E-state index < -0.39 is 0 Å². The van der Waals surface area contributed by atoms with Gasteiger partial charge in [0.2, 0.25) is 0 Å². The van der Waals surface area contributed by atoms with E-state index in [0.717, 1.165) is 24.8 Å². The van der Waals surface area contributed by atoms with Crippen LogP contribution in [0.5, 0.6) is 0 Å². The van der Waals surface area contributed by atoms with Gasteiger partial charge in [0.1, 0.15) is 0 Å². The van der Waals surface area contributed by atoms with Crippen molar-refractivity contribution < 1.29 is 0 Å². The molecule has 0 saturated carbocycles. The molecule has 2 heteroatoms. The summed E-state index contributed by atoms with van der Waals surface area (Å²) < 4.78 is 0. The van der Waals surface area contributed by atoms with Crippen molar-refractivity contribution >= 4 is 0 Å². The molecule has 2 N–H and O–H groups in total. The Labute approximate surface area is 76.1 Å². The van der Waals surface area contributed by atoms with Crippen LogP contribution in [0.15, 0.2) is 0 Å². The highest BCUT2D eigenvalue weighted by molar-refractivity contribution is 4.74. The van der Waals surface area contributed by atoms with Gasteiger partial charge in [0.25, 0.3) is 0 Å². The standard InChI is InChI=1S/C10H22N2/c1-9-6-10(2)8-12(7-9)5-3-4-11/h9-10H,3-8,11H2,1-2H3/t9-,10+. The van der Waals surface area contributed by atoms with E-state index in [9.17, 15) is 0 Å². The van der Waals surface area contributed by atoms with Crippen LogP contribution in [0.3, 0.4) is 0 Å². The summed E-state index contributed by atoms with van der Waals surface area (Å²) in [6.07, 6.45) is 2.55. The quantitative estimate of drug-likeness (QED) is 0.692. The molecule has 1 fully saturated rings. The van der Waals surface area contributed by atoms with Gasteiger partial charge in [0, 0.05) is 13.1 Å². The third kappa shape index (κ3) is 3.11. The van der Waals surface area contributed by atoms with Crippen LogP contribution in [0.2, 0.25) is 0 Å². The maximum absolute atomic E-state index is 5.49. The van der Waals surface area contributed by atoms with E-state index in [1.807, 2.05) is 0 Å². The lowest BCUT2D eigenvalue weighted by Crippen LogP contribution is -2.39. The molecule has 72 valence electrons. The molecule has 1 saturated heterocycles. The van der Waals surface area contributed by atoms with Gasteiger partial charge in [-0.1, -0.05) is 13.8 Å². The van der Waals surface area contributed by atoms with Crippen LogP contribution in [0.4, 0.5) is 0 Å².